The fourth-order valence-electron chi connectivity index (χ4n) is 2.31. The lowest BCUT2D eigenvalue weighted by molar-refractivity contribution is -0.145. The summed E-state index contributed by atoms with van der Waals surface area (Å²) >= 11 is 0. The van der Waals surface area contributed by atoms with Gasteiger partial charge in [0, 0.05) is 18.1 Å². The van der Waals surface area contributed by atoms with Gasteiger partial charge in [0.1, 0.15) is 11.7 Å². The molecule has 25 heavy (non-hydrogen) atoms. The van der Waals surface area contributed by atoms with Crippen molar-refractivity contribution in [1.29, 1.82) is 0 Å². The smallest absolute Gasteiger partial charge is 0.328 e. The van der Waals surface area contributed by atoms with Crippen LogP contribution < -0.4 is 10.6 Å². The summed E-state index contributed by atoms with van der Waals surface area (Å²) in [6, 6.07) is -0.969. The summed E-state index contributed by atoms with van der Waals surface area (Å²) in [4.78, 5) is 32.3. The number of amides is 1. The van der Waals surface area contributed by atoms with Crippen LogP contribution in [0.25, 0.3) is 0 Å². The van der Waals surface area contributed by atoms with Gasteiger partial charge in [-0.1, -0.05) is 41.2 Å². The number of methoxy groups -OCH3 is 1. The monoisotopic (exact) mass is 348 g/mol. The van der Waals surface area contributed by atoms with E-state index in [0.717, 1.165) is 0 Å². The molecule has 0 aliphatic carbocycles. The molecule has 0 aliphatic rings. The third-order valence-corrected chi connectivity index (χ3v) is 3.76. The van der Waals surface area contributed by atoms with Gasteiger partial charge in [0.15, 0.2) is 0 Å². The van der Waals surface area contributed by atoms with Crippen LogP contribution in [0.5, 0.6) is 0 Å². The molecule has 0 aliphatic heterocycles. The van der Waals surface area contributed by atoms with Gasteiger partial charge in [-0.05, 0) is 11.3 Å². The van der Waals surface area contributed by atoms with Gasteiger partial charge in [0.05, 0.1) is 19.3 Å². The van der Waals surface area contributed by atoms with Crippen LogP contribution in [0.1, 0.15) is 45.1 Å². The van der Waals surface area contributed by atoms with Gasteiger partial charge in [-0.2, -0.15) is 0 Å². The average molecular weight is 348 g/mol. The molecule has 7 heteroatoms. The normalized spacial score (nSPS) is 13.7. The molecule has 2 N–H and O–H groups in total. The Kier molecular flexibility index (Phi) is 7.09. The Morgan fingerprint density at radius 1 is 1.20 bits per heavy atom. The van der Waals surface area contributed by atoms with E-state index in [0.29, 0.717) is 5.70 Å². The molecule has 0 radical (unpaired) electrons. The van der Waals surface area contributed by atoms with E-state index < -0.39 is 6.04 Å². The van der Waals surface area contributed by atoms with Crippen molar-refractivity contribution in [3.63, 3.8) is 0 Å². The van der Waals surface area contributed by atoms with E-state index in [1.807, 2.05) is 34.6 Å². The lowest BCUT2D eigenvalue weighted by Crippen LogP contribution is -2.51. The second-order valence-corrected chi connectivity index (χ2v) is 7.28. The minimum absolute atomic E-state index is 0.0545. The van der Waals surface area contributed by atoms with Crippen molar-refractivity contribution in [2.24, 2.45) is 11.3 Å². The molecule has 1 rings (SSSR count). The Hall–Kier alpha value is -2.44. The molecule has 0 saturated carbocycles. The van der Waals surface area contributed by atoms with E-state index in [1.54, 1.807) is 0 Å². The first-order chi connectivity index (χ1) is 11.6. The van der Waals surface area contributed by atoms with Gasteiger partial charge in [0.25, 0.3) is 5.91 Å². The minimum atomic E-state index is -0.584. The van der Waals surface area contributed by atoms with Gasteiger partial charge in [-0.15, -0.1) is 0 Å². The van der Waals surface area contributed by atoms with Crippen molar-refractivity contribution < 1.29 is 14.3 Å². The van der Waals surface area contributed by atoms with Crippen LogP contribution in [0.15, 0.2) is 30.9 Å². The molecule has 1 aromatic heterocycles. The summed E-state index contributed by atoms with van der Waals surface area (Å²) in [7, 11) is 1.35. The molecule has 1 amide bonds. The molecule has 0 aromatic carbocycles. The first-order valence-corrected chi connectivity index (χ1v) is 8.18. The van der Waals surface area contributed by atoms with Crippen LogP contribution in [0.4, 0.5) is 0 Å². The Morgan fingerprint density at radius 3 is 2.28 bits per heavy atom. The first-order valence-electron chi connectivity index (χ1n) is 8.18. The van der Waals surface area contributed by atoms with Crippen LogP contribution in [0.2, 0.25) is 0 Å². The van der Waals surface area contributed by atoms with E-state index in [2.05, 4.69) is 27.2 Å². The highest BCUT2D eigenvalue weighted by Gasteiger charge is 2.34. The molecule has 2 atom stereocenters. The average Bonchev–Trinajstić information content (AvgIpc) is 2.55. The zero-order valence-corrected chi connectivity index (χ0v) is 15.8. The zero-order valence-electron chi connectivity index (χ0n) is 15.8. The first kappa shape index (κ1) is 20.6. The number of carbonyl (C=O) groups is 2. The maximum absolute atomic E-state index is 12.4. The molecule has 0 fully saturated rings. The van der Waals surface area contributed by atoms with Crippen molar-refractivity contribution in [3.05, 3.63) is 36.6 Å². The van der Waals surface area contributed by atoms with Crippen LogP contribution in [0.3, 0.4) is 0 Å². The van der Waals surface area contributed by atoms with Crippen LogP contribution in [0, 0.1) is 11.3 Å². The van der Waals surface area contributed by atoms with Gasteiger partial charge >= 0.3 is 5.97 Å². The number of nitrogens with one attached hydrogen (secondary N) is 2. The maximum Gasteiger partial charge on any atom is 0.328 e. The van der Waals surface area contributed by atoms with Crippen LogP contribution in [-0.2, 0) is 9.53 Å². The number of ether oxygens (including phenoxy) is 1. The highest BCUT2D eigenvalue weighted by atomic mass is 16.5. The Morgan fingerprint density at radius 2 is 1.84 bits per heavy atom. The number of aromatic nitrogens is 2. The Balaban J connectivity index is 2.92. The second-order valence-electron chi connectivity index (χ2n) is 7.28. The molecule has 0 saturated heterocycles. The molecule has 0 bridgehead atoms. The summed E-state index contributed by atoms with van der Waals surface area (Å²) in [5.41, 5.74) is 0.380. The topological polar surface area (TPSA) is 93.2 Å². The largest absolute Gasteiger partial charge is 0.467 e. The van der Waals surface area contributed by atoms with Crippen LogP contribution in [-0.4, -0.2) is 41.0 Å². The lowest BCUT2D eigenvalue weighted by Gasteiger charge is -2.34. The summed E-state index contributed by atoms with van der Waals surface area (Å²) in [5, 5.41) is 6.02. The lowest BCUT2D eigenvalue weighted by atomic mass is 9.86. The summed E-state index contributed by atoms with van der Waals surface area (Å²) < 4.78 is 4.88. The molecule has 7 nitrogen and oxygen atoms in total. The van der Waals surface area contributed by atoms with E-state index in [4.69, 9.17) is 4.74 Å². The fourth-order valence-corrected chi connectivity index (χ4v) is 2.31. The van der Waals surface area contributed by atoms with Gasteiger partial charge in [0.2, 0.25) is 0 Å². The Bertz CT molecular complexity index is 608. The number of rotatable bonds is 7. The number of hydrogen-bond acceptors (Lipinski definition) is 6. The number of nitrogens with zero attached hydrogens (tertiary/aromatic N) is 2. The molecule has 1 aromatic rings. The predicted molar refractivity (Wildman–Crippen MR) is 95.7 cm³/mol. The number of carbonyl (C=O) groups excluding carboxylic acids is 2. The molecule has 138 valence electrons. The summed E-state index contributed by atoms with van der Waals surface area (Å²) in [5.74, 6) is -0.671. The molecule has 1 heterocycles. The quantitative estimate of drug-likeness (QED) is 0.731. The molecule has 0 spiro atoms. The third-order valence-electron chi connectivity index (χ3n) is 3.76. The van der Waals surface area contributed by atoms with Crippen molar-refractivity contribution in [2.75, 3.05) is 7.11 Å². The van der Waals surface area contributed by atoms with E-state index in [-0.39, 0.29) is 34.9 Å². The molecular formula is C18H28N4O3. The Labute approximate surface area is 149 Å². The standard InChI is InChI=1S/C18H28N4O3/c1-11(2)14(22-16(23)13-10-19-8-9-20-13)12(3)21-15(17(24)25-7)18(4,5)6/h8-11,14-15,21H,3H2,1-2,4-7H3,(H,22,23)/t14-,15+/m0/s1. The van der Waals surface area contributed by atoms with Crippen molar-refractivity contribution >= 4 is 11.9 Å². The highest BCUT2D eigenvalue weighted by Crippen LogP contribution is 2.22. The van der Waals surface area contributed by atoms with Crippen LogP contribution >= 0.6 is 0 Å². The second kappa shape index (κ2) is 8.60. The number of esters is 1. The van der Waals surface area contributed by atoms with Crippen molar-refractivity contribution in [3.8, 4) is 0 Å². The molecular weight excluding hydrogens is 320 g/mol. The van der Waals surface area contributed by atoms with Gasteiger partial charge in [-0.25, -0.2) is 9.78 Å². The SMILES string of the molecule is C=C(N[C@H](C(=O)OC)C(C)(C)C)[C@@H](NC(=O)c1cnccn1)C(C)C. The zero-order chi connectivity index (χ0) is 19.2. The highest BCUT2D eigenvalue weighted by molar-refractivity contribution is 5.92. The molecule has 0 unspecified atom stereocenters. The number of hydrogen-bond donors (Lipinski definition) is 2. The fraction of sp³-hybridized carbons (Fsp3) is 0.556. The van der Waals surface area contributed by atoms with E-state index in [9.17, 15) is 9.59 Å². The van der Waals surface area contributed by atoms with Gasteiger partial charge in [-0.3, -0.25) is 9.78 Å². The van der Waals surface area contributed by atoms with Gasteiger partial charge < -0.3 is 15.4 Å². The maximum atomic E-state index is 12.4. The summed E-state index contributed by atoms with van der Waals surface area (Å²) in [6.45, 7) is 13.7. The minimum Gasteiger partial charge on any atom is -0.467 e. The van der Waals surface area contributed by atoms with E-state index in [1.165, 1.54) is 25.7 Å². The third kappa shape index (κ3) is 5.85. The van der Waals surface area contributed by atoms with Crippen molar-refractivity contribution in [2.45, 2.75) is 46.7 Å². The summed E-state index contributed by atoms with van der Waals surface area (Å²) in [6.07, 6.45) is 4.36. The van der Waals surface area contributed by atoms with Crippen molar-refractivity contribution in [1.82, 2.24) is 20.6 Å². The predicted octanol–water partition coefficient (Wildman–Crippen LogP) is 1.92. The van der Waals surface area contributed by atoms with E-state index >= 15 is 0 Å².